The van der Waals surface area contributed by atoms with Gasteiger partial charge in [-0.25, -0.2) is 17.5 Å². The second-order valence-corrected chi connectivity index (χ2v) is 10.1. The lowest BCUT2D eigenvalue weighted by Crippen LogP contribution is -2.46. The van der Waals surface area contributed by atoms with Crippen molar-refractivity contribution < 1.29 is 22.3 Å². The van der Waals surface area contributed by atoms with Gasteiger partial charge in [0, 0.05) is 50.0 Å². The predicted octanol–water partition coefficient (Wildman–Crippen LogP) is 2.09. The Morgan fingerprint density at radius 2 is 1.86 bits per heavy atom. The molecular formula is C24H27FN6O4S. The number of piperazine rings is 1. The van der Waals surface area contributed by atoms with Crippen LogP contribution in [0.5, 0.6) is 5.75 Å². The van der Waals surface area contributed by atoms with Gasteiger partial charge in [0.15, 0.2) is 11.5 Å². The van der Waals surface area contributed by atoms with Gasteiger partial charge < -0.3 is 9.64 Å². The number of carbonyl (C=O) groups is 1. The molecule has 36 heavy (non-hydrogen) atoms. The van der Waals surface area contributed by atoms with Gasteiger partial charge in [0.2, 0.25) is 10.0 Å². The smallest absolute Gasteiger partial charge is 0.285 e. The third-order valence-corrected chi connectivity index (χ3v) is 6.19. The molecule has 1 saturated heterocycles. The molecule has 0 radical (unpaired) electrons. The minimum Gasteiger partial charge on any atom is -0.492 e. The molecule has 1 amide bonds. The van der Waals surface area contributed by atoms with Gasteiger partial charge >= 0.3 is 0 Å². The van der Waals surface area contributed by atoms with Gasteiger partial charge in [-0.2, -0.15) is 0 Å². The number of benzene rings is 1. The minimum atomic E-state index is -3.67. The first-order valence-corrected chi connectivity index (χ1v) is 13.3. The molecule has 0 atom stereocenters. The Kier molecular flexibility index (Phi) is 7.75. The van der Waals surface area contributed by atoms with Crippen LogP contribution in [0.3, 0.4) is 0 Å². The van der Waals surface area contributed by atoms with E-state index in [2.05, 4.69) is 20.1 Å². The van der Waals surface area contributed by atoms with E-state index >= 15 is 0 Å². The number of rotatable bonds is 8. The molecule has 1 aliphatic rings. The SMILES string of the molecule is CCOc1cncc(-c2ccc(CN3CCN(c4ccc(C(=O)NS(C)(=O)=O)nn4)CC3)cc2F)c1. The lowest BCUT2D eigenvalue weighted by Gasteiger charge is -2.35. The van der Waals surface area contributed by atoms with E-state index < -0.39 is 15.9 Å². The van der Waals surface area contributed by atoms with Crippen molar-refractivity contribution in [3.8, 4) is 16.9 Å². The zero-order valence-electron chi connectivity index (χ0n) is 20.0. The molecule has 3 heterocycles. The molecule has 12 heteroatoms. The van der Waals surface area contributed by atoms with E-state index in [0.717, 1.165) is 24.9 Å². The van der Waals surface area contributed by atoms with E-state index in [1.165, 1.54) is 6.07 Å². The molecule has 1 fully saturated rings. The summed E-state index contributed by atoms with van der Waals surface area (Å²) in [6, 6.07) is 10.1. The van der Waals surface area contributed by atoms with Crippen molar-refractivity contribution in [2.75, 3.05) is 43.9 Å². The van der Waals surface area contributed by atoms with E-state index in [4.69, 9.17) is 4.74 Å². The van der Waals surface area contributed by atoms with Crippen LogP contribution in [0.15, 0.2) is 48.8 Å². The number of nitrogens with zero attached hydrogens (tertiary/aromatic N) is 5. The normalized spacial score (nSPS) is 14.5. The first kappa shape index (κ1) is 25.5. The highest BCUT2D eigenvalue weighted by molar-refractivity contribution is 7.89. The monoisotopic (exact) mass is 514 g/mol. The van der Waals surface area contributed by atoms with Crippen molar-refractivity contribution in [2.45, 2.75) is 13.5 Å². The third kappa shape index (κ3) is 6.52. The number of carbonyl (C=O) groups excluding carboxylic acids is 1. The number of sulfonamides is 1. The standard InChI is InChI=1S/C24H27FN6O4S/c1-3-35-19-13-18(14-26-15-19)20-5-4-17(12-21(20)25)16-30-8-10-31(11-9-30)23-7-6-22(27-28-23)24(32)29-36(2,33)34/h4-7,12-15H,3,8-11,16H2,1-2H3,(H,29,32). The lowest BCUT2D eigenvalue weighted by atomic mass is 10.0. The fourth-order valence-electron chi connectivity index (χ4n) is 3.93. The van der Waals surface area contributed by atoms with Crippen LogP contribution in [0.4, 0.5) is 10.2 Å². The van der Waals surface area contributed by atoms with Crippen LogP contribution >= 0.6 is 0 Å². The van der Waals surface area contributed by atoms with Gasteiger partial charge in [-0.05, 0) is 36.8 Å². The minimum absolute atomic E-state index is 0.0753. The van der Waals surface area contributed by atoms with Crippen molar-refractivity contribution in [3.05, 3.63) is 65.9 Å². The summed E-state index contributed by atoms with van der Waals surface area (Å²) in [7, 11) is -3.67. The third-order valence-electron chi connectivity index (χ3n) is 5.63. The maximum atomic E-state index is 14.9. The van der Waals surface area contributed by atoms with Crippen molar-refractivity contribution >= 4 is 21.7 Å². The molecule has 4 rings (SSSR count). The summed E-state index contributed by atoms with van der Waals surface area (Å²) in [5.74, 6) is 0.0754. The summed E-state index contributed by atoms with van der Waals surface area (Å²) >= 11 is 0. The maximum Gasteiger partial charge on any atom is 0.285 e. The van der Waals surface area contributed by atoms with E-state index in [0.29, 0.717) is 48.9 Å². The second kappa shape index (κ2) is 11.0. The van der Waals surface area contributed by atoms with Crippen molar-refractivity contribution in [2.24, 2.45) is 0 Å². The lowest BCUT2D eigenvalue weighted by molar-refractivity contribution is 0.0976. The summed E-state index contributed by atoms with van der Waals surface area (Å²) in [6.07, 6.45) is 4.12. The van der Waals surface area contributed by atoms with Crippen molar-refractivity contribution in [3.63, 3.8) is 0 Å². The number of nitrogens with one attached hydrogen (secondary N) is 1. The van der Waals surface area contributed by atoms with Crippen molar-refractivity contribution in [1.82, 2.24) is 24.8 Å². The van der Waals surface area contributed by atoms with E-state index in [1.807, 2.05) is 22.6 Å². The van der Waals surface area contributed by atoms with Crippen LogP contribution in [0.2, 0.25) is 0 Å². The summed E-state index contributed by atoms with van der Waals surface area (Å²) in [6.45, 7) is 5.84. The average Bonchev–Trinajstić information content (AvgIpc) is 2.84. The molecule has 0 saturated carbocycles. The van der Waals surface area contributed by atoms with Gasteiger partial charge in [0.05, 0.1) is 19.1 Å². The average molecular weight is 515 g/mol. The van der Waals surface area contributed by atoms with Gasteiger partial charge in [-0.15, -0.1) is 10.2 Å². The second-order valence-electron chi connectivity index (χ2n) is 8.40. The highest BCUT2D eigenvalue weighted by Crippen LogP contribution is 2.26. The highest BCUT2D eigenvalue weighted by atomic mass is 32.2. The van der Waals surface area contributed by atoms with Gasteiger partial charge in [0.1, 0.15) is 11.6 Å². The zero-order valence-corrected chi connectivity index (χ0v) is 20.8. The first-order valence-electron chi connectivity index (χ1n) is 11.4. The molecule has 0 bridgehead atoms. The number of anilines is 1. The van der Waals surface area contributed by atoms with E-state index in [-0.39, 0.29) is 11.5 Å². The van der Waals surface area contributed by atoms with Crippen LogP contribution < -0.4 is 14.4 Å². The largest absolute Gasteiger partial charge is 0.492 e. The Balaban J connectivity index is 1.33. The molecule has 1 aliphatic heterocycles. The number of hydrogen-bond acceptors (Lipinski definition) is 9. The van der Waals surface area contributed by atoms with E-state index in [9.17, 15) is 17.6 Å². The summed E-state index contributed by atoms with van der Waals surface area (Å²) in [5.41, 5.74) is 1.94. The summed E-state index contributed by atoms with van der Waals surface area (Å²) in [5, 5.41) is 7.92. The Bertz CT molecular complexity index is 1330. The Labute approximate surface area is 209 Å². The highest BCUT2D eigenvalue weighted by Gasteiger charge is 2.20. The quantitative estimate of drug-likeness (QED) is 0.482. The number of amides is 1. The van der Waals surface area contributed by atoms with Crippen LogP contribution in [0, 0.1) is 5.82 Å². The number of ether oxygens (including phenoxy) is 1. The molecule has 10 nitrogen and oxygen atoms in total. The number of aromatic nitrogens is 3. The molecule has 190 valence electrons. The Morgan fingerprint density at radius 3 is 2.50 bits per heavy atom. The Hall–Kier alpha value is -3.64. The molecule has 2 aromatic heterocycles. The van der Waals surface area contributed by atoms with Gasteiger partial charge in [-0.3, -0.25) is 14.7 Å². The van der Waals surface area contributed by atoms with E-state index in [1.54, 1.807) is 36.7 Å². The molecular weight excluding hydrogens is 487 g/mol. The Morgan fingerprint density at radius 1 is 1.08 bits per heavy atom. The number of hydrogen-bond donors (Lipinski definition) is 1. The molecule has 1 N–H and O–H groups in total. The van der Waals surface area contributed by atoms with Gasteiger partial charge in [0.25, 0.3) is 5.91 Å². The number of halogens is 1. The summed E-state index contributed by atoms with van der Waals surface area (Å²) < 4.78 is 44.6. The fraction of sp³-hybridized carbons (Fsp3) is 0.333. The van der Waals surface area contributed by atoms with Crippen LogP contribution in [-0.2, 0) is 16.6 Å². The maximum absolute atomic E-state index is 14.9. The summed E-state index contributed by atoms with van der Waals surface area (Å²) in [4.78, 5) is 20.3. The van der Waals surface area contributed by atoms with Crippen LogP contribution in [0.1, 0.15) is 23.0 Å². The van der Waals surface area contributed by atoms with Gasteiger partial charge in [-0.1, -0.05) is 12.1 Å². The first-order chi connectivity index (χ1) is 17.2. The van der Waals surface area contributed by atoms with Crippen LogP contribution in [0.25, 0.3) is 11.1 Å². The van der Waals surface area contributed by atoms with Crippen molar-refractivity contribution in [1.29, 1.82) is 0 Å². The topological polar surface area (TPSA) is 118 Å². The molecule has 0 spiro atoms. The molecule has 1 aromatic carbocycles. The number of pyridine rings is 1. The van der Waals surface area contributed by atoms with Crippen LogP contribution in [-0.4, -0.2) is 73.4 Å². The molecule has 3 aromatic rings. The fourth-order valence-corrected chi connectivity index (χ4v) is 4.37. The predicted molar refractivity (Wildman–Crippen MR) is 133 cm³/mol. The molecule has 0 aliphatic carbocycles. The molecule has 0 unspecified atom stereocenters. The zero-order chi connectivity index (χ0) is 25.7.